The molecular weight excluding hydrogens is 194 g/mol. The van der Waals surface area contributed by atoms with Gasteiger partial charge in [0.2, 0.25) is 11.4 Å². The Morgan fingerprint density at radius 3 is 2.67 bits per heavy atom. The largest absolute Gasteiger partial charge is 0.373 e. The molecule has 0 aliphatic carbocycles. The third-order valence-electron chi connectivity index (χ3n) is 2.68. The summed E-state index contributed by atoms with van der Waals surface area (Å²) in [4.78, 5) is 23.4. The standard InChI is InChI=1S/C11H11NO3/c1-2-11(15)9(13)7-5-3-4-6-8(7)12-10(11)14/h3-6,15H,2H2,1H3,(H,12,14)/t11-/m1/s1. The number of ketones is 1. The van der Waals surface area contributed by atoms with Crippen molar-refractivity contribution < 1.29 is 14.7 Å². The lowest BCUT2D eigenvalue weighted by Gasteiger charge is -2.29. The molecule has 0 fully saturated rings. The summed E-state index contributed by atoms with van der Waals surface area (Å²) in [5.74, 6) is -1.17. The summed E-state index contributed by atoms with van der Waals surface area (Å²) in [5.41, 5.74) is -1.08. The normalized spacial score (nSPS) is 24.7. The monoisotopic (exact) mass is 205 g/mol. The van der Waals surface area contributed by atoms with Crippen LogP contribution in [0, 0.1) is 0 Å². The molecule has 0 spiro atoms. The van der Waals surface area contributed by atoms with E-state index in [1.165, 1.54) is 0 Å². The molecule has 2 rings (SSSR count). The highest BCUT2D eigenvalue weighted by molar-refractivity contribution is 6.26. The van der Waals surface area contributed by atoms with E-state index in [4.69, 9.17) is 0 Å². The van der Waals surface area contributed by atoms with Crippen molar-refractivity contribution in [1.29, 1.82) is 0 Å². The summed E-state index contributed by atoms with van der Waals surface area (Å²) in [6.45, 7) is 1.60. The van der Waals surface area contributed by atoms with E-state index in [-0.39, 0.29) is 6.42 Å². The van der Waals surface area contributed by atoms with Gasteiger partial charge < -0.3 is 10.4 Å². The van der Waals surface area contributed by atoms with Crippen LogP contribution in [-0.2, 0) is 4.79 Å². The first-order valence-electron chi connectivity index (χ1n) is 4.77. The number of carbonyl (C=O) groups is 2. The van der Waals surface area contributed by atoms with E-state index in [0.717, 1.165) is 0 Å². The minimum Gasteiger partial charge on any atom is -0.373 e. The van der Waals surface area contributed by atoms with E-state index >= 15 is 0 Å². The molecule has 0 aromatic heterocycles. The van der Waals surface area contributed by atoms with E-state index in [0.29, 0.717) is 11.3 Å². The molecule has 0 radical (unpaired) electrons. The lowest BCUT2D eigenvalue weighted by molar-refractivity contribution is -0.130. The fraction of sp³-hybridized carbons (Fsp3) is 0.273. The van der Waals surface area contributed by atoms with E-state index in [1.54, 1.807) is 31.2 Å². The Balaban J connectivity index is 2.57. The van der Waals surface area contributed by atoms with Crippen LogP contribution in [0.25, 0.3) is 0 Å². The highest BCUT2D eigenvalue weighted by Gasteiger charge is 2.46. The number of anilines is 1. The smallest absolute Gasteiger partial charge is 0.264 e. The minimum absolute atomic E-state index is 0.0754. The number of rotatable bonds is 1. The second kappa shape index (κ2) is 3.17. The average molecular weight is 205 g/mol. The van der Waals surface area contributed by atoms with E-state index in [1.807, 2.05) is 0 Å². The number of aliphatic hydroxyl groups is 1. The molecule has 2 N–H and O–H groups in total. The Kier molecular flexibility index (Phi) is 2.08. The fourth-order valence-corrected chi connectivity index (χ4v) is 1.66. The molecule has 1 aromatic carbocycles. The first-order chi connectivity index (χ1) is 7.09. The van der Waals surface area contributed by atoms with Crippen LogP contribution in [0.1, 0.15) is 23.7 Å². The first-order valence-corrected chi connectivity index (χ1v) is 4.77. The third-order valence-corrected chi connectivity index (χ3v) is 2.68. The van der Waals surface area contributed by atoms with Crippen LogP contribution in [0.5, 0.6) is 0 Å². The quantitative estimate of drug-likeness (QED) is 0.671. The Bertz CT molecular complexity index is 441. The van der Waals surface area contributed by atoms with E-state index in [9.17, 15) is 14.7 Å². The van der Waals surface area contributed by atoms with Gasteiger partial charge in [0, 0.05) is 5.56 Å². The molecule has 1 heterocycles. The van der Waals surface area contributed by atoms with Gasteiger partial charge in [-0.3, -0.25) is 9.59 Å². The zero-order valence-electron chi connectivity index (χ0n) is 8.28. The molecule has 1 aliphatic heterocycles. The molecule has 1 aliphatic rings. The van der Waals surface area contributed by atoms with Gasteiger partial charge in [0.05, 0.1) is 5.69 Å². The zero-order valence-corrected chi connectivity index (χ0v) is 8.28. The first kappa shape index (κ1) is 9.86. The SMILES string of the molecule is CC[C@]1(O)C(=O)Nc2ccccc2C1=O. The van der Waals surface area contributed by atoms with Gasteiger partial charge in [0.1, 0.15) is 0 Å². The molecule has 0 saturated carbocycles. The molecule has 4 nitrogen and oxygen atoms in total. The molecule has 0 saturated heterocycles. The summed E-state index contributed by atoms with van der Waals surface area (Å²) in [5, 5.41) is 12.4. The van der Waals surface area contributed by atoms with Crippen molar-refractivity contribution in [2.45, 2.75) is 18.9 Å². The van der Waals surface area contributed by atoms with Crippen LogP contribution in [-0.4, -0.2) is 22.4 Å². The van der Waals surface area contributed by atoms with Crippen molar-refractivity contribution in [2.24, 2.45) is 0 Å². The average Bonchev–Trinajstić information content (AvgIpc) is 2.26. The summed E-state index contributed by atoms with van der Waals surface area (Å²) in [6.07, 6.45) is 0.0754. The van der Waals surface area contributed by atoms with Crippen LogP contribution < -0.4 is 5.32 Å². The summed E-state index contributed by atoms with van der Waals surface area (Å²) < 4.78 is 0. The maximum atomic E-state index is 11.9. The maximum absolute atomic E-state index is 11.9. The van der Waals surface area contributed by atoms with Gasteiger partial charge in [-0.2, -0.15) is 0 Å². The zero-order chi connectivity index (χ0) is 11.1. The predicted octanol–water partition coefficient (Wildman–Crippen LogP) is 0.963. The Hall–Kier alpha value is -1.68. The highest BCUT2D eigenvalue weighted by Crippen LogP contribution is 2.29. The van der Waals surface area contributed by atoms with Crippen LogP contribution in [0.2, 0.25) is 0 Å². The molecular formula is C11H11NO3. The minimum atomic E-state index is -1.91. The van der Waals surface area contributed by atoms with Crippen LogP contribution in [0.4, 0.5) is 5.69 Å². The molecule has 1 atom stereocenters. The van der Waals surface area contributed by atoms with Crippen molar-refractivity contribution >= 4 is 17.4 Å². The van der Waals surface area contributed by atoms with Gasteiger partial charge in [-0.25, -0.2) is 0 Å². The van der Waals surface area contributed by atoms with E-state index < -0.39 is 17.3 Å². The summed E-state index contributed by atoms with van der Waals surface area (Å²) >= 11 is 0. The highest BCUT2D eigenvalue weighted by atomic mass is 16.3. The lowest BCUT2D eigenvalue weighted by Crippen LogP contribution is -2.52. The molecule has 0 bridgehead atoms. The van der Waals surface area contributed by atoms with Crippen molar-refractivity contribution in [2.75, 3.05) is 5.32 Å². The van der Waals surface area contributed by atoms with Gasteiger partial charge in [0.25, 0.3) is 5.91 Å². The van der Waals surface area contributed by atoms with Gasteiger partial charge in [-0.1, -0.05) is 19.1 Å². The molecule has 15 heavy (non-hydrogen) atoms. The van der Waals surface area contributed by atoms with Crippen LogP contribution in [0.15, 0.2) is 24.3 Å². The van der Waals surface area contributed by atoms with Crippen molar-refractivity contribution in [3.8, 4) is 0 Å². The molecule has 1 amide bonds. The third kappa shape index (κ3) is 1.26. The second-order valence-corrected chi connectivity index (χ2v) is 3.54. The number of nitrogens with one attached hydrogen (secondary N) is 1. The molecule has 1 aromatic rings. The molecule has 78 valence electrons. The van der Waals surface area contributed by atoms with Crippen LogP contribution >= 0.6 is 0 Å². The van der Waals surface area contributed by atoms with Gasteiger partial charge in [0.15, 0.2) is 0 Å². The molecule has 0 unspecified atom stereocenters. The number of amides is 1. The van der Waals surface area contributed by atoms with Crippen molar-refractivity contribution in [1.82, 2.24) is 0 Å². The van der Waals surface area contributed by atoms with Crippen molar-refractivity contribution in [3.63, 3.8) is 0 Å². The number of hydrogen-bond donors (Lipinski definition) is 2. The predicted molar refractivity (Wildman–Crippen MR) is 54.6 cm³/mol. The van der Waals surface area contributed by atoms with Gasteiger partial charge in [-0.15, -0.1) is 0 Å². The van der Waals surface area contributed by atoms with Crippen LogP contribution in [0.3, 0.4) is 0 Å². The Morgan fingerprint density at radius 1 is 1.33 bits per heavy atom. The maximum Gasteiger partial charge on any atom is 0.264 e. The Morgan fingerprint density at radius 2 is 2.00 bits per heavy atom. The van der Waals surface area contributed by atoms with Gasteiger partial charge >= 0.3 is 0 Å². The number of carbonyl (C=O) groups excluding carboxylic acids is 2. The fourth-order valence-electron chi connectivity index (χ4n) is 1.66. The number of hydrogen-bond acceptors (Lipinski definition) is 3. The molecule has 4 heteroatoms. The lowest BCUT2D eigenvalue weighted by atomic mass is 9.85. The van der Waals surface area contributed by atoms with Gasteiger partial charge in [-0.05, 0) is 18.6 Å². The van der Waals surface area contributed by atoms with Crippen molar-refractivity contribution in [3.05, 3.63) is 29.8 Å². The van der Waals surface area contributed by atoms with E-state index in [2.05, 4.69) is 5.32 Å². The number of Topliss-reactive ketones (excluding diaryl/α,β-unsaturated/α-hetero) is 1. The summed E-state index contributed by atoms with van der Waals surface area (Å²) in [6, 6.07) is 6.66. The number of benzene rings is 1. The Labute approximate surface area is 86.9 Å². The second-order valence-electron chi connectivity index (χ2n) is 3.54. The topological polar surface area (TPSA) is 66.4 Å². The number of fused-ring (bicyclic) bond motifs is 1. The summed E-state index contributed by atoms with van der Waals surface area (Å²) in [7, 11) is 0. The number of para-hydroxylation sites is 1.